The molecule has 128 valence electrons. The fourth-order valence-electron chi connectivity index (χ4n) is 3.58. The van der Waals surface area contributed by atoms with Crippen LogP contribution in [0.15, 0.2) is 72.8 Å². The smallest absolute Gasteiger partial charge is 0.153 e. The molecule has 0 saturated carbocycles. The van der Waals surface area contributed by atoms with Gasteiger partial charge in [0, 0.05) is 24.1 Å². The van der Waals surface area contributed by atoms with Gasteiger partial charge in [-0.15, -0.1) is 0 Å². The van der Waals surface area contributed by atoms with Crippen molar-refractivity contribution in [3.05, 3.63) is 78.4 Å². The summed E-state index contributed by atoms with van der Waals surface area (Å²) in [5, 5.41) is 1.04. The number of benzene rings is 3. The van der Waals surface area contributed by atoms with Gasteiger partial charge in [0.2, 0.25) is 0 Å². The van der Waals surface area contributed by atoms with E-state index < -0.39 is 0 Å². The molecular weight excluding hydrogens is 322 g/mol. The van der Waals surface area contributed by atoms with Crippen LogP contribution in [-0.2, 0) is 7.05 Å². The standard InChI is InChI=1S/C23H19NO2/c1-24-20-14-21(26-2)18(15-25)13-19(20)22(16-9-5-3-6-10-16)23(24)17-11-7-4-8-12-17/h3-15H,1-2H3. The van der Waals surface area contributed by atoms with E-state index in [4.69, 9.17) is 4.74 Å². The zero-order valence-corrected chi connectivity index (χ0v) is 14.8. The Labute approximate surface area is 152 Å². The minimum absolute atomic E-state index is 0.558. The van der Waals surface area contributed by atoms with Crippen molar-refractivity contribution in [3.63, 3.8) is 0 Å². The number of fused-ring (bicyclic) bond motifs is 1. The van der Waals surface area contributed by atoms with E-state index in [0.29, 0.717) is 11.3 Å². The van der Waals surface area contributed by atoms with Crippen molar-refractivity contribution in [2.24, 2.45) is 7.05 Å². The molecule has 3 aromatic carbocycles. The first-order chi connectivity index (χ1) is 12.7. The summed E-state index contributed by atoms with van der Waals surface area (Å²) < 4.78 is 7.59. The predicted molar refractivity (Wildman–Crippen MR) is 106 cm³/mol. The Kier molecular flexibility index (Phi) is 4.05. The van der Waals surface area contributed by atoms with Gasteiger partial charge < -0.3 is 9.30 Å². The van der Waals surface area contributed by atoms with E-state index in [2.05, 4.69) is 35.9 Å². The average Bonchev–Trinajstić information content (AvgIpc) is 2.99. The molecule has 0 fully saturated rings. The number of carbonyl (C=O) groups excluding carboxylic acids is 1. The number of aryl methyl sites for hydroxylation is 1. The Morgan fingerprint density at radius 2 is 1.50 bits per heavy atom. The van der Waals surface area contributed by atoms with Crippen molar-refractivity contribution in [2.45, 2.75) is 0 Å². The monoisotopic (exact) mass is 341 g/mol. The first-order valence-corrected chi connectivity index (χ1v) is 8.51. The van der Waals surface area contributed by atoms with Crippen LogP contribution in [0.3, 0.4) is 0 Å². The van der Waals surface area contributed by atoms with Gasteiger partial charge in [-0.2, -0.15) is 0 Å². The maximum absolute atomic E-state index is 11.6. The Morgan fingerprint density at radius 1 is 0.885 bits per heavy atom. The summed E-state index contributed by atoms with van der Waals surface area (Å²) in [6.07, 6.45) is 0.849. The highest BCUT2D eigenvalue weighted by molar-refractivity contribution is 6.07. The molecule has 0 aliphatic carbocycles. The van der Waals surface area contributed by atoms with Crippen molar-refractivity contribution >= 4 is 17.2 Å². The van der Waals surface area contributed by atoms with Gasteiger partial charge in [-0.05, 0) is 17.2 Å². The zero-order chi connectivity index (χ0) is 18.1. The van der Waals surface area contributed by atoms with Crippen LogP contribution in [0.1, 0.15) is 10.4 Å². The predicted octanol–water partition coefficient (Wildman–Crippen LogP) is 5.33. The molecule has 3 heteroatoms. The molecule has 0 unspecified atom stereocenters. The highest BCUT2D eigenvalue weighted by atomic mass is 16.5. The molecule has 3 nitrogen and oxygen atoms in total. The van der Waals surface area contributed by atoms with Crippen molar-refractivity contribution < 1.29 is 9.53 Å². The van der Waals surface area contributed by atoms with Crippen LogP contribution >= 0.6 is 0 Å². The lowest BCUT2D eigenvalue weighted by Gasteiger charge is -2.08. The average molecular weight is 341 g/mol. The van der Waals surface area contributed by atoms with E-state index in [1.807, 2.05) is 48.5 Å². The third-order valence-electron chi connectivity index (χ3n) is 4.79. The fraction of sp³-hybridized carbons (Fsp3) is 0.0870. The minimum atomic E-state index is 0.558. The number of aromatic nitrogens is 1. The molecule has 4 rings (SSSR count). The molecule has 0 atom stereocenters. The normalized spacial score (nSPS) is 10.8. The second-order valence-corrected chi connectivity index (χ2v) is 6.24. The molecule has 0 bridgehead atoms. The van der Waals surface area contributed by atoms with Gasteiger partial charge in [0.15, 0.2) is 6.29 Å². The summed E-state index contributed by atoms with van der Waals surface area (Å²) in [6, 6.07) is 24.5. The number of carbonyl (C=O) groups is 1. The number of hydrogen-bond acceptors (Lipinski definition) is 2. The maximum atomic E-state index is 11.6. The Hall–Kier alpha value is -3.33. The van der Waals surface area contributed by atoms with Gasteiger partial charge in [-0.25, -0.2) is 0 Å². The molecule has 0 aliphatic heterocycles. The van der Waals surface area contributed by atoms with E-state index in [9.17, 15) is 4.79 Å². The molecule has 0 spiro atoms. The second kappa shape index (κ2) is 6.52. The number of rotatable bonds is 4. The van der Waals surface area contributed by atoms with Crippen LogP contribution in [0.25, 0.3) is 33.3 Å². The fourth-order valence-corrected chi connectivity index (χ4v) is 3.58. The van der Waals surface area contributed by atoms with Crippen LogP contribution in [0.2, 0.25) is 0 Å². The first kappa shape index (κ1) is 16.2. The third kappa shape index (κ3) is 2.49. The zero-order valence-electron chi connectivity index (χ0n) is 14.8. The molecule has 1 aromatic heterocycles. The van der Waals surface area contributed by atoms with Crippen LogP contribution in [0.5, 0.6) is 5.75 Å². The third-order valence-corrected chi connectivity index (χ3v) is 4.79. The van der Waals surface area contributed by atoms with Crippen LogP contribution in [0, 0.1) is 0 Å². The SMILES string of the molecule is COc1cc2c(cc1C=O)c(-c1ccccc1)c(-c1ccccc1)n2C. The van der Waals surface area contributed by atoms with E-state index >= 15 is 0 Å². The van der Waals surface area contributed by atoms with E-state index in [0.717, 1.165) is 39.6 Å². The molecule has 0 saturated heterocycles. The second-order valence-electron chi connectivity index (χ2n) is 6.24. The van der Waals surface area contributed by atoms with E-state index in [1.165, 1.54) is 0 Å². The van der Waals surface area contributed by atoms with Gasteiger partial charge in [-0.1, -0.05) is 60.7 Å². The first-order valence-electron chi connectivity index (χ1n) is 8.51. The summed E-state index contributed by atoms with van der Waals surface area (Å²) in [4.78, 5) is 11.6. The highest BCUT2D eigenvalue weighted by Crippen LogP contribution is 2.42. The summed E-state index contributed by atoms with van der Waals surface area (Å²) in [5.74, 6) is 0.590. The number of hydrogen-bond donors (Lipinski definition) is 0. The molecule has 1 heterocycles. The molecule has 0 radical (unpaired) electrons. The lowest BCUT2D eigenvalue weighted by molar-refractivity contribution is 0.112. The number of nitrogens with zero attached hydrogens (tertiary/aromatic N) is 1. The molecule has 26 heavy (non-hydrogen) atoms. The van der Waals surface area contributed by atoms with Crippen LogP contribution in [-0.4, -0.2) is 18.0 Å². The maximum Gasteiger partial charge on any atom is 0.153 e. The topological polar surface area (TPSA) is 31.2 Å². The van der Waals surface area contributed by atoms with Crippen molar-refractivity contribution in [1.29, 1.82) is 0 Å². The Bertz CT molecular complexity index is 1080. The van der Waals surface area contributed by atoms with E-state index in [1.54, 1.807) is 7.11 Å². The number of aldehydes is 1. The molecule has 0 N–H and O–H groups in total. The van der Waals surface area contributed by atoms with Gasteiger partial charge >= 0.3 is 0 Å². The van der Waals surface area contributed by atoms with Gasteiger partial charge in [0.25, 0.3) is 0 Å². The summed E-state index contributed by atoms with van der Waals surface area (Å²) in [6.45, 7) is 0. The highest BCUT2D eigenvalue weighted by Gasteiger charge is 2.20. The number of methoxy groups -OCH3 is 1. The lowest BCUT2D eigenvalue weighted by atomic mass is 9.97. The van der Waals surface area contributed by atoms with Crippen molar-refractivity contribution in [2.75, 3.05) is 7.11 Å². The summed E-state index contributed by atoms with van der Waals surface area (Å²) in [5.41, 5.74) is 6.10. The van der Waals surface area contributed by atoms with Gasteiger partial charge in [0.1, 0.15) is 5.75 Å². The quantitative estimate of drug-likeness (QED) is 0.470. The Balaban J connectivity index is 2.15. The summed E-state index contributed by atoms with van der Waals surface area (Å²) in [7, 11) is 3.64. The Morgan fingerprint density at radius 3 is 2.08 bits per heavy atom. The van der Waals surface area contributed by atoms with Gasteiger partial charge in [0.05, 0.1) is 23.9 Å². The van der Waals surface area contributed by atoms with Crippen molar-refractivity contribution in [3.8, 4) is 28.1 Å². The van der Waals surface area contributed by atoms with Crippen LogP contribution in [0.4, 0.5) is 0 Å². The van der Waals surface area contributed by atoms with Crippen molar-refractivity contribution in [1.82, 2.24) is 4.57 Å². The van der Waals surface area contributed by atoms with E-state index in [-0.39, 0.29) is 0 Å². The minimum Gasteiger partial charge on any atom is -0.496 e. The largest absolute Gasteiger partial charge is 0.496 e. The molecule has 0 aliphatic rings. The summed E-state index contributed by atoms with van der Waals surface area (Å²) >= 11 is 0. The number of ether oxygens (including phenoxy) is 1. The molecule has 4 aromatic rings. The van der Waals surface area contributed by atoms with Gasteiger partial charge in [-0.3, -0.25) is 4.79 Å². The molecular formula is C23H19NO2. The lowest BCUT2D eigenvalue weighted by Crippen LogP contribution is -1.94. The van der Waals surface area contributed by atoms with Crippen LogP contribution < -0.4 is 4.74 Å². The molecule has 0 amide bonds.